The zero-order valence-electron chi connectivity index (χ0n) is 13.9. The van der Waals surface area contributed by atoms with E-state index in [-0.39, 0.29) is 5.91 Å². The van der Waals surface area contributed by atoms with Crippen LogP contribution in [0.5, 0.6) is 5.75 Å². The molecular weight excluding hydrogens is 306 g/mol. The van der Waals surface area contributed by atoms with Crippen molar-refractivity contribution >= 4 is 5.91 Å². The van der Waals surface area contributed by atoms with Gasteiger partial charge in [0.1, 0.15) is 5.75 Å². The van der Waals surface area contributed by atoms with E-state index in [9.17, 15) is 4.79 Å². The van der Waals surface area contributed by atoms with E-state index in [1.807, 2.05) is 12.1 Å². The van der Waals surface area contributed by atoms with Crippen LogP contribution in [-0.2, 0) is 4.79 Å². The first-order valence-corrected chi connectivity index (χ1v) is 8.53. The lowest BCUT2D eigenvalue weighted by Gasteiger charge is -2.23. The van der Waals surface area contributed by atoms with E-state index in [2.05, 4.69) is 15.5 Å². The second kappa shape index (κ2) is 7.95. The van der Waals surface area contributed by atoms with Gasteiger partial charge < -0.3 is 14.5 Å². The fraction of sp³-hybridized carbons (Fsp3) is 0.500. The standard InChI is InChI=1S/C18H23N3O3/c1-13(17(22)19-11-14-5-3-2-4-6-14)24-16-9-7-15(8-10-16)18-21-20-12-23-18/h7-10,12-14H,2-6,11H2,1H3,(H,19,22)/t13-/m1/s1. The smallest absolute Gasteiger partial charge is 0.260 e. The molecular formula is C18H23N3O3. The Bertz CT molecular complexity index is 634. The van der Waals surface area contributed by atoms with Crippen LogP contribution in [0.25, 0.3) is 11.5 Å². The Labute approximate surface area is 141 Å². The van der Waals surface area contributed by atoms with Crippen LogP contribution in [0.3, 0.4) is 0 Å². The molecule has 0 unspecified atom stereocenters. The maximum atomic E-state index is 12.2. The zero-order chi connectivity index (χ0) is 16.8. The van der Waals surface area contributed by atoms with Crippen molar-refractivity contribution in [3.05, 3.63) is 30.7 Å². The van der Waals surface area contributed by atoms with Gasteiger partial charge in [0.05, 0.1) is 0 Å². The Hall–Kier alpha value is -2.37. The number of nitrogens with zero attached hydrogens (tertiary/aromatic N) is 2. The fourth-order valence-corrected chi connectivity index (χ4v) is 3.01. The summed E-state index contributed by atoms with van der Waals surface area (Å²) in [7, 11) is 0. The third-order valence-electron chi connectivity index (χ3n) is 4.43. The number of nitrogens with one attached hydrogen (secondary N) is 1. The molecule has 6 nitrogen and oxygen atoms in total. The number of rotatable bonds is 6. The number of benzene rings is 1. The summed E-state index contributed by atoms with van der Waals surface area (Å²) in [5, 5.41) is 10.5. The monoisotopic (exact) mass is 329 g/mol. The summed E-state index contributed by atoms with van der Waals surface area (Å²) < 4.78 is 10.9. The molecule has 1 aromatic heterocycles. The maximum absolute atomic E-state index is 12.2. The molecule has 1 aliphatic carbocycles. The molecule has 1 atom stereocenters. The predicted molar refractivity (Wildman–Crippen MR) is 89.4 cm³/mol. The van der Waals surface area contributed by atoms with Crippen molar-refractivity contribution < 1.29 is 13.9 Å². The van der Waals surface area contributed by atoms with E-state index in [0.717, 1.165) is 12.1 Å². The molecule has 6 heteroatoms. The molecule has 1 heterocycles. The molecule has 0 radical (unpaired) electrons. The van der Waals surface area contributed by atoms with Crippen LogP contribution in [0.4, 0.5) is 0 Å². The molecule has 128 valence electrons. The Morgan fingerprint density at radius 3 is 2.71 bits per heavy atom. The quantitative estimate of drug-likeness (QED) is 0.880. The number of ether oxygens (including phenoxy) is 1. The Morgan fingerprint density at radius 2 is 2.04 bits per heavy atom. The normalized spacial score (nSPS) is 16.5. The second-order valence-electron chi connectivity index (χ2n) is 6.28. The van der Waals surface area contributed by atoms with Crippen LogP contribution >= 0.6 is 0 Å². The number of carbonyl (C=O) groups is 1. The Balaban J connectivity index is 1.48. The summed E-state index contributed by atoms with van der Waals surface area (Å²) in [4.78, 5) is 12.2. The molecule has 1 N–H and O–H groups in total. The third kappa shape index (κ3) is 4.34. The van der Waals surface area contributed by atoms with E-state index in [4.69, 9.17) is 9.15 Å². The Kier molecular flexibility index (Phi) is 5.46. The van der Waals surface area contributed by atoms with Crippen LogP contribution in [-0.4, -0.2) is 28.8 Å². The lowest BCUT2D eigenvalue weighted by Crippen LogP contribution is -2.39. The average Bonchev–Trinajstić information content (AvgIpc) is 3.16. The molecule has 1 saturated carbocycles. The highest BCUT2D eigenvalue weighted by Gasteiger charge is 2.18. The minimum absolute atomic E-state index is 0.0680. The van der Waals surface area contributed by atoms with E-state index in [1.54, 1.807) is 19.1 Å². The summed E-state index contributed by atoms with van der Waals surface area (Å²) >= 11 is 0. The molecule has 0 spiro atoms. The first-order valence-electron chi connectivity index (χ1n) is 8.53. The van der Waals surface area contributed by atoms with Gasteiger partial charge in [0.25, 0.3) is 5.91 Å². The van der Waals surface area contributed by atoms with Crippen LogP contribution in [0.2, 0.25) is 0 Å². The summed E-state index contributed by atoms with van der Waals surface area (Å²) in [5.74, 6) is 1.64. The molecule has 24 heavy (non-hydrogen) atoms. The Morgan fingerprint density at radius 1 is 1.29 bits per heavy atom. The van der Waals surface area contributed by atoms with Gasteiger partial charge in [0.15, 0.2) is 6.10 Å². The lowest BCUT2D eigenvalue weighted by atomic mass is 9.89. The van der Waals surface area contributed by atoms with Crippen molar-refractivity contribution in [1.82, 2.24) is 15.5 Å². The molecule has 0 aliphatic heterocycles. The molecule has 1 fully saturated rings. The first-order chi connectivity index (χ1) is 11.7. The highest BCUT2D eigenvalue weighted by molar-refractivity contribution is 5.80. The van der Waals surface area contributed by atoms with Crippen LogP contribution in [0.15, 0.2) is 35.1 Å². The number of aromatic nitrogens is 2. The van der Waals surface area contributed by atoms with Crippen molar-refractivity contribution in [3.8, 4) is 17.2 Å². The predicted octanol–water partition coefficient (Wildman–Crippen LogP) is 3.20. The average molecular weight is 329 g/mol. The number of hydrogen-bond acceptors (Lipinski definition) is 5. The maximum Gasteiger partial charge on any atom is 0.260 e. The van der Waals surface area contributed by atoms with E-state index in [0.29, 0.717) is 17.6 Å². The van der Waals surface area contributed by atoms with E-state index in [1.165, 1.54) is 38.5 Å². The second-order valence-corrected chi connectivity index (χ2v) is 6.28. The molecule has 0 bridgehead atoms. The molecule has 0 saturated heterocycles. The molecule has 2 aromatic rings. The van der Waals surface area contributed by atoms with Crippen LogP contribution in [0.1, 0.15) is 39.0 Å². The molecule has 1 amide bonds. The van der Waals surface area contributed by atoms with Gasteiger partial charge in [-0.05, 0) is 49.9 Å². The minimum atomic E-state index is -0.525. The van der Waals surface area contributed by atoms with Gasteiger partial charge in [0, 0.05) is 12.1 Å². The molecule has 3 rings (SSSR count). The van der Waals surface area contributed by atoms with E-state index < -0.39 is 6.10 Å². The van der Waals surface area contributed by atoms with Crippen LogP contribution in [0, 0.1) is 5.92 Å². The molecule has 1 aliphatic rings. The zero-order valence-corrected chi connectivity index (χ0v) is 13.9. The largest absolute Gasteiger partial charge is 0.481 e. The van der Waals surface area contributed by atoms with Gasteiger partial charge in [0.2, 0.25) is 12.3 Å². The lowest BCUT2D eigenvalue weighted by molar-refractivity contribution is -0.127. The van der Waals surface area contributed by atoms with Crippen LogP contribution < -0.4 is 10.1 Å². The van der Waals surface area contributed by atoms with Crippen molar-refractivity contribution in [2.24, 2.45) is 5.92 Å². The van der Waals surface area contributed by atoms with Gasteiger partial charge in [-0.25, -0.2) is 0 Å². The first kappa shape index (κ1) is 16.5. The third-order valence-corrected chi connectivity index (χ3v) is 4.43. The summed E-state index contributed by atoms with van der Waals surface area (Å²) in [6.45, 7) is 2.52. The van der Waals surface area contributed by atoms with E-state index >= 15 is 0 Å². The number of amides is 1. The molecule has 1 aromatic carbocycles. The van der Waals surface area contributed by atoms with Crippen molar-refractivity contribution in [1.29, 1.82) is 0 Å². The summed E-state index contributed by atoms with van der Waals surface area (Å²) in [5.41, 5.74) is 0.814. The number of hydrogen-bond donors (Lipinski definition) is 1. The van der Waals surface area contributed by atoms with Crippen molar-refractivity contribution in [2.75, 3.05) is 6.54 Å². The SMILES string of the molecule is C[C@@H](Oc1ccc(-c2nnco2)cc1)C(=O)NCC1CCCCC1. The highest BCUT2D eigenvalue weighted by atomic mass is 16.5. The van der Waals surface area contributed by atoms with Gasteiger partial charge in [-0.15, -0.1) is 10.2 Å². The highest BCUT2D eigenvalue weighted by Crippen LogP contribution is 2.23. The van der Waals surface area contributed by atoms with Crippen molar-refractivity contribution in [3.63, 3.8) is 0 Å². The minimum Gasteiger partial charge on any atom is -0.481 e. The van der Waals surface area contributed by atoms with Gasteiger partial charge in [-0.3, -0.25) is 4.79 Å². The van der Waals surface area contributed by atoms with Gasteiger partial charge in [-0.1, -0.05) is 19.3 Å². The fourth-order valence-electron chi connectivity index (χ4n) is 3.01. The summed E-state index contributed by atoms with van der Waals surface area (Å²) in [6, 6.07) is 7.25. The van der Waals surface area contributed by atoms with Crippen molar-refractivity contribution in [2.45, 2.75) is 45.1 Å². The number of carbonyl (C=O) groups excluding carboxylic acids is 1. The summed E-state index contributed by atoms with van der Waals surface area (Å²) in [6.07, 6.45) is 7.07. The topological polar surface area (TPSA) is 77.2 Å². The van der Waals surface area contributed by atoms with Gasteiger partial charge in [-0.2, -0.15) is 0 Å². The van der Waals surface area contributed by atoms with Gasteiger partial charge >= 0.3 is 0 Å².